The maximum atomic E-state index is 4.19. The van der Waals surface area contributed by atoms with Crippen molar-refractivity contribution in [2.75, 3.05) is 6.54 Å². The molecule has 0 aliphatic rings. The van der Waals surface area contributed by atoms with Crippen LogP contribution < -0.4 is 10.9 Å². The minimum absolute atomic E-state index is 0. The minimum atomic E-state index is 0. The molecule has 0 bridgehead atoms. The number of hydrazine groups is 1. The van der Waals surface area contributed by atoms with Gasteiger partial charge < -0.3 is 0 Å². The number of aromatic nitrogens is 1. The molecule has 3 nitrogen and oxygen atoms in total. The van der Waals surface area contributed by atoms with Crippen molar-refractivity contribution in [3.8, 4) is 0 Å². The van der Waals surface area contributed by atoms with Crippen LogP contribution in [0.1, 0.15) is 19.5 Å². The molecular formula is C10H19Cl2N3. The maximum absolute atomic E-state index is 4.19. The number of hydrogen-bond donors (Lipinski definition) is 2. The lowest BCUT2D eigenvalue weighted by atomic mass is 10.2. The van der Waals surface area contributed by atoms with Crippen LogP contribution in [0.2, 0.25) is 0 Å². The van der Waals surface area contributed by atoms with Crippen molar-refractivity contribution in [3.05, 3.63) is 30.1 Å². The molecule has 2 N–H and O–H groups in total. The van der Waals surface area contributed by atoms with Gasteiger partial charge in [-0.15, -0.1) is 24.8 Å². The van der Waals surface area contributed by atoms with E-state index in [4.69, 9.17) is 0 Å². The molecule has 0 unspecified atom stereocenters. The largest absolute Gasteiger partial charge is 0.260 e. The fraction of sp³-hybridized carbons (Fsp3) is 0.500. The summed E-state index contributed by atoms with van der Waals surface area (Å²) < 4.78 is 0. The van der Waals surface area contributed by atoms with Crippen LogP contribution in [0.5, 0.6) is 0 Å². The molecule has 1 heterocycles. The highest BCUT2D eigenvalue weighted by atomic mass is 35.5. The normalized spacial score (nSPS) is 9.27. The van der Waals surface area contributed by atoms with Gasteiger partial charge in [-0.05, 0) is 18.1 Å². The first-order valence-electron chi connectivity index (χ1n) is 4.64. The van der Waals surface area contributed by atoms with Crippen LogP contribution in [0.15, 0.2) is 24.4 Å². The number of nitrogens with one attached hydrogen (secondary N) is 2. The molecule has 1 aromatic rings. The Morgan fingerprint density at radius 1 is 1.20 bits per heavy atom. The predicted octanol–water partition coefficient (Wildman–Crippen LogP) is 2.18. The lowest BCUT2D eigenvalue weighted by Gasteiger charge is -2.08. The quantitative estimate of drug-likeness (QED) is 0.623. The van der Waals surface area contributed by atoms with Crippen molar-refractivity contribution in [2.24, 2.45) is 5.92 Å². The number of nitrogens with zero attached hydrogens (tertiary/aromatic N) is 1. The van der Waals surface area contributed by atoms with Crippen LogP contribution in [0, 0.1) is 5.92 Å². The summed E-state index contributed by atoms with van der Waals surface area (Å²) in [6.07, 6.45) is 1.81. The molecule has 0 fully saturated rings. The minimum Gasteiger partial charge on any atom is -0.260 e. The number of rotatable bonds is 5. The fourth-order valence-electron chi connectivity index (χ4n) is 0.932. The lowest BCUT2D eigenvalue weighted by molar-refractivity contribution is 0.465. The molecule has 88 valence electrons. The highest BCUT2D eigenvalue weighted by Gasteiger charge is 1.93. The van der Waals surface area contributed by atoms with Crippen LogP contribution in [0.25, 0.3) is 0 Å². The van der Waals surface area contributed by atoms with E-state index >= 15 is 0 Å². The van der Waals surface area contributed by atoms with Gasteiger partial charge in [-0.1, -0.05) is 19.9 Å². The molecule has 0 aliphatic heterocycles. The molecule has 5 heteroatoms. The third-order valence-electron chi connectivity index (χ3n) is 1.63. The lowest BCUT2D eigenvalue weighted by Crippen LogP contribution is -2.34. The van der Waals surface area contributed by atoms with E-state index in [0.717, 1.165) is 18.8 Å². The van der Waals surface area contributed by atoms with Gasteiger partial charge in [0, 0.05) is 12.7 Å². The third kappa shape index (κ3) is 8.63. The third-order valence-corrected chi connectivity index (χ3v) is 1.63. The summed E-state index contributed by atoms with van der Waals surface area (Å²) in [6, 6.07) is 5.92. The Morgan fingerprint density at radius 2 is 1.93 bits per heavy atom. The summed E-state index contributed by atoms with van der Waals surface area (Å²) >= 11 is 0. The summed E-state index contributed by atoms with van der Waals surface area (Å²) in [7, 11) is 0. The standard InChI is InChI=1S/C10H17N3.2ClH/c1-9(2)7-12-13-8-10-5-3-4-6-11-10;;/h3-6,9,12-13H,7-8H2,1-2H3;2*1H. The second kappa shape index (κ2) is 10.2. The number of pyridine rings is 1. The number of hydrogen-bond acceptors (Lipinski definition) is 3. The van der Waals surface area contributed by atoms with Gasteiger partial charge >= 0.3 is 0 Å². The van der Waals surface area contributed by atoms with E-state index in [-0.39, 0.29) is 24.8 Å². The molecule has 0 spiro atoms. The van der Waals surface area contributed by atoms with Crippen LogP contribution >= 0.6 is 24.8 Å². The highest BCUT2D eigenvalue weighted by Crippen LogP contribution is 1.91. The first kappa shape index (κ1) is 17.1. The molecule has 1 rings (SSSR count). The Balaban J connectivity index is 0. The molecule has 0 radical (unpaired) electrons. The predicted molar refractivity (Wildman–Crippen MR) is 68.4 cm³/mol. The summed E-state index contributed by atoms with van der Waals surface area (Å²) in [5.41, 5.74) is 7.32. The Bertz CT molecular complexity index is 229. The van der Waals surface area contributed by atoms with Crippen LogP contribution in [0.3, 0.4) is 0 Å². The van der Waals surface area contributed by atoms with Crippen molar-refractivity contribution in [1.29, 1.82) is 0 Å². The molecule has 0 saturated carbocycles. The van der Waals surface area contributed by atoms with Crippen molar-refractivity contribution >= 4 is 24.8 Å². The molecule has 0 saturated heterocycles. The summed E-state index contributed by atoms with van der Waals surface area (Å²) in [5, 5.41) is 0. The summed E-state index contributed by atoms with van der Waals surface area (Å²) in [6.45, 7) is 6.10. The second-order valence-electron chi connectivity index (χ2n) is 3.45. The van der Waals surface area contributed by atoms with Gasteiger partial charge in [0.2, 0.25) is 0 Å². The molecule has 0 aliphatic carbocycles. The van der Waals surface area contributed by atoms with Crippen molar-refractivity contribution in [2.45, 2.75) is 20.4 Å². The van der Waals surface area contributed by atoms with Gasteiger partial charge in [0.1, 0.15) is 0 Å². The van der Waals surface area contributed by atoms with E-state index in [1.54, 1.807) is 6.20 Å². The maximum Gasteiger partial charge on any atom is 0.0555 e. The Labute approximate surface area is 104 Å². The Morgan fingerprint density at radius 3 is 2.47 bits per heavy atom. The van der Waals surface area contributed by atoms with E-state index in [0.29, 0.717) is 5.92 Å². The van der Waals surface area contributed by atoms with Crippen LogP contribution in [0.4, 0.5) is 0 Å². The molecule has 15 heavy (non-hydrogen) atoms. The zero-order chi connectivity index (χ0) is 9.52. The molecular weight excluding hydrogens is 233 g/mol. The van der Waals surface area contributed by atoms with Crippen molar-refractivity contribution in [1.82, 2.24) is 15.8 Å². The van der Waals surface area contributed by atoms with Gasteiger partial charge in [0.05, 0.1) is 12.2 Å². The smallest absolute Gasteiger partial charge is 0.0555 e. The molecule has 0 amide bonds. The average molecular weight is 252 g/mol. The first-order valence-corrected chi connectivity index (χ1v) is 4.64. The van der Waals surface area contributed by atoms with Crippen LogP contribution in [-0.2, 0) is 6.54 Å². The van der Waals surface area contributed by atoms with Gasteiger partial charge in [0.15, 0.2) is 0 Å². The van der Waals surface area contributed by atoms with E-state index < -0.39 is 0 Å². The Kier molecular flexibility index (Phi) is 11.6. The SMILES string of the molecule is CC(C)CNNCc1ccccn1.Cl.Cl. The van der Waals surface area contributed by atoms with E-state index in [1.807, 2.05) is 18.2 Å². The highest BCUT2D eigenvalue weighted by molar-refractivity contribution is 5.85. The first-order chi connectivity index (χ1) is 6.29. The molecule has 0 aromatic carbocycles. The van der Waals surface area contributed by atoms with Crippen LogP contribution in [-0.4, -0.2) is 11.5 Å². The zero-order valence-electron chi connectivity index (χ0n) is 9.06. The Hall–Kier alpha value is -0.350. The van der Waals surface area contributed by atoms with Gasteiger partial charge in [-0.25, -0.2) is 0 Å². The molecule has 1 aromatic heterocycles. The van der Waals surface area contributed by atoms with Crippen molar-refractivity contribution in [3.63, 3.8) is 0 Å². The summed E-state index contributed by atoms with van der Waals surface area (Å²) in [5.74, 6) is 0.663. The summed E-state index contributed by atoms with van der Waals surface area (Å²) in [4.78, 5) is 4.19. The van der Waals surface area contributed by atoms with E-state index in [9.17, 15) is 0 Å². The second-order valence-corrected chi connectivity index (χ2v) is 3.45. The van der Waals surface area contributed by atoms with Gasteiger partial charge in [0.25, 0.3) is 0 Å². The average Bonchev–Trinajstić information content (AvgIpc) is 2.14. The number of halogens is 2. The van der Waals surface area contributed by atoms with E-state index in [1.165, 1.54) is 0 Å². The van der Waals surface area contributed by atoms with Gasteiger partial charge in [-0.2, -0.15) is 0 Å². The molecule has 0 atom stereocenters. The topological polar surface area (TPSA) is 37.0 Å². The monoisotopic (exact) mass is 251 g/mol. The van der Waals surface area contributed by atoms with Gasteiger partial charge in [-0.3, -0.25) is 15.8 Å². The fourth-order valence-corrected chi connectivity index (χ4v) is 0.932. The van der Waals surface area contributed by atoms with Crippen molar-refractivity contribution < 1.29 is 0 Å². The zero-order valence-corrected chi connectivity index (χ0v) is 10.7. The van der Waals surface area contributed by atoms with E-state index in [2.05, 4.69) is 29.7 Å².